The molecule has 1 aliphatic heterocycles. The second-order valence-electron chi connectivity index (χ2n) is 6.64. The van der Waals surface area contributed by atoms with Gasteiger partial charge >= 0.3 is 0 Å². The predicted octanol–water partition coefficient (Wildman–Crippen LogP) is 2.47. The zero-order valence-electron chi connectivity index (χ0n) is 13.3. The molecule has 2 aliphatic rings. The van der Waals surface area contributed by atoms with E-state index in [1.807, 2.05) is 25.7 Å². The monoisotopic (exact) mass is 280 g/mol. The fourth-order valence-corrected chi connectivity index (χ4v) is 3.48. The first-order chi connectivity index (χ1) is 9.43. The first-order valence-corrected chi connectivity index (χ1v) is 8.06. The average molecular weight is 280 g/mol. The van der Waals surface area contributed by atoms with Crippen molar-refractivity contribution in [3.63, 3.8) is 0 Å². The van der Waals surface area contributed by atoms with Crippen molar-refractivity contribution in [3.8, 4) is 0 Å². The quantitative estimate of drug-likeness (QED) is 0.812. The Labute approximate surface area is 122 Å². The molecule has 0 aromatic rings. The molecule has 0 bridgehead atoms. The molecule has 0 aromatic heterocycles. The number of nitrogens with zero attached hydrogens (tertiary/aromatic N) is 1. The first-order valence-electron chi connectivity index (χ1n) is 8.06. The zero-order chi connectivity index (χ0) is 15.0. The summed E-state index contributed by atoms with van der Waals surface area (Å²) in [4.78, 5) is 27.0. The van der Waals surface area contributed by atoms with Crippen molar-refractivity contribution in [2.24, 2.45) is 5.41 Å². The summed E-state index contributed by atoms with van der Waals surface area (Å²) in [6.07, 6.45) is 6.04. The highest BCUT2D eigenvalue weighted by molar-refractivity contribution is 5.99. The van der Waals surface area contributed by atoms with E-state index in [9.17, 15) is 9.59 Å². The Morgan fingerprint density at radius 3 is 2.25 bits per heavy atom. The molecule has 2 fully saturated rings. The molecule has 2 rings (SSSR count). The maximum Gasteiger partial charge on any atom is 0.248 e. The summed E-state index contributed by atoms with van der Waals surface area (Å²) < 4.78 is 0. The van der Waals surface area contributed by atoms with Crippen LogP contribution < -0.4 is 5.32 Å². The molecule has 1 N–H and O–H groups in total. The van der Waals surface area contributed by atoms with E-state index < -0.39 is 5.54 Å². The highest BCUT2D eigenvalue weighted by atomic mass is 16.2. The molecule has 1 heterocycles. The molecular formula is C16H28N2O2. The van der Waals surface area contributed by atoms with Gasteiger partial charge in [0.25, 0.3) is 0 Å². The lowest BCUT2D eigenvalue weighted by Crippen LogP contribution is -2.69. The van der Waals surface area contributed by atoms with Gasteiger partial charge in [-0.05, 0) is 44.4 Å². The summed E-state index contributed by atoms with van der Waals surface area (Å²) in [5, 5.41) is 2.97. The van der Waals surface area contributed by atoms with Crippen molar-refractivity contribution in [2.45, 2.75) is 77.8 Å². The van der Waals surface area contributed by atoms with Crippen LogP contribution in [0, 0.1) is 5.41 Å². The average Bonchev–Trinajstić information content (AvgIpc) is 3.19. The van der Waals surface area contributed by atoms with E-state index in [-0.39, 0.29) is 17.9 Å². The fraction of sp³-hybridized carbons (Fsp3) is 0.875. The number of hydrogen-bond acceptors (Lipinski definition) is 2. The van der Waals surface area contributed by atoms with Crippen molar-refractivity contribution in [3.05, 3.63) is 0 Å². The summed E-state index contributed by atoms with van der Waals surface area (Å²) in [6, 6.07) is -0.331. The van der Waals surface area contributed by atoms with Gasteiger partial charge in [-0.25, -0.2) is 0 Å². The van der Waals surface area contributed by atoms with E-state index in [1.54, 1.807) is 0 Å². The van der Waals surface area contributed by atoms with Gasteiger partial charge in [0.05, 0.1) is 0 Å². The van der Waals surface area contributed by atoms with E-state index in [1.165, 1.54) is 12.8 Å². The topological polar surface area (TPSA) is 49.4 Å². The van der Waals surface area contributed by atoms with Crippen LogP contribution in [0.4, 0.5) is 0 Å². The van der Waals surface area contributed by atoms with Crippen molar-refractivity contribution in [1.29, 1.82) is 0 Å². The fourth-order valence-electron chi connectivity index (χ4n) is 3.48. The number of rotatable bonds is 6. The lowest BCUT2D eigenvalue weighted by atomic mass is 9.86. The molecule has 1 saturated carbocycles. The number of carbonyl (C=O) groups excluding carboxylic acids is 2. The van der Waals surface area contributed by atoms with Gasteiger partial charge in [0, 0.05) is 6.54 Å². The number of carbonyl (C=O) groups is 2. The van der Waals surface area contributed by atoms with Gasteiger partial charge in [-0.2, -0.15) is 0 Å². The largest absolute Gasteiger partial charge is 0.340 e. The molecule has 0 spiro atoms. The van der Waals surface area contributed by atoms with Crippen LogP contribution in [0.25, 0.3) is 0 Å². The minimum Gasteiger partial charge on any atom is -0.340 e. The Hall–Kier alpha value is -1.06. The van der Waals surface area contributed by atoms with E-state index in [2.05, 4.69) is 12.2 Å². The van der Waals surface area contributed by atoms with Crippen LogP contribution in [0.2, 0.25) is 0 Å². The van der Waals surface area contributed by atoms with E-state index >= 15 is 0 Å². The highest BCUT2D eigenvalue weighted by Crippen LogP contribution is 2.50. The molecule has 2 amide bonds. The molecule has 0 radical (unpaired) electrons. The van der Waals surface area contributed by atoms with Gasteiger partial charge in [0.1, 0.15) is 11.6 Å². The van der Waals surface area contributed by atoms with Crippen LogP contribution in [-0.4, -0.2) is 34.8 Å². The molecule has 1 saturated heterocycles. The molecule has 114 valence electrons. The minimum atomic E-state index is -0.675. The van der Waals surface area contributed by atoms with Crippen LogP contribution in [0.5, 0.6) is 0 Å². The summed E-state index contributed by atoms with van der Waals surface area (Å²) in [6.45, 7) is 8.76. The summed E-state index contributed by atoms with van der Waals surface area (Å²) in [5.74, 6) is 0.123. The number of piperazine rings is 1. The normalized spacial score (nSPS) is 27.4. The molecule has 4 heteroatoms. The molecule has 1 unspecified atom stereocenters. The van der Waals surface area contributed by atoms with Gasteiger partial charge in [0.2, 0.25) is 11.8 Å². The second-order valence-corrected chi connectivity index (χ2v) is 6.64. The van der Waals surface area contributed by atoms with E-state index in [0.717, 1.165) is 19.4 Å². The lowest BCUT2D eigenvalue weighted by molar-refractivity contribution is -0.155. The Morgan fingerprint density at radius 1 is 1.20 bits per heavy atom. The van der Waals surface area contributed by atoms with Crippen LogP contribution in [0.15, 0.2) is 0 Å². The van der Waals surface area contributed by atoms with Crippen molar-refractivity contribution in [2.75, 3.05) is 6.54 Å². The number of nitrogens with one attached hydrogen (secondary N) is 1. The van der Waals surface area contributed by atoms with E-state index in [4.69, 9.17) is 0 Å². The summed E-state index contributed by atoms with van der Waals surface area (Å²) >= 11 is 0. The summed E-state index contributed by atoms with van der Waals surface area (Å²) in [5.41, 5.74) is -0.380. The Kier molecular flexibility index (Phi) is 4.12. The van der Waals surface area contributed by atoms with Crippen molar-refractivity contribution in [1.82, 2.24) is 10.2 Å². The maximum atomic E-state index is 12.9. The molecule has 1 aliphatic carbocycles. The van der Waals surface area contributed by atoms with Crippen molar-refractivity contribution >= 4 is 11.8 Å². The molecule has 1 atom stereocenters. The first kappa shape index (κ1) is 15.3. The van der Waals surface area contributed by atoms with Crippen LogP contribution >= 0.6 is 0 Å². The third kappa shape index (κ3) is 2.45. The zero-order valence-corrected chi connectivity index (χ0v) is 13.3. The SMILES string of the molecule is CCCC1(CN2C(=O)C(CC)(CC)NC(=O)C2C)CC1. The van der Waals surface area contributed by atoms with E-state index in [0.29, 0.717) is 18.3 Å². The third-order valence-electron chi connectivity index (χ3n) is 5.33. The van der Waals surface area contributed by atoms with Crippen LogP contribution in [0.1, 0.15) is 66.2 Å². The van der Waals surface area contributed by atoms with Gasteiger partial charge in [-0.1, -0.05) is 27.2 Å². The Morgan fingerprint density at radius 2 is 1.80 bits per heavy atom. The van der Waals surface area contributed by atoms with Crippen LogP contribution in [0.3, 0.4) is 0 Å². The van der Waals surface area contributed by atoms with Crippen LogP contribution in [-0.2, 0) is 9.59 Å². The number of hydrogen-bond donors (Lipinski definition) is 1. The summed E-state index contributed by atoms with van der Waals surface area (Å²) in [7, 11) is 0. The third-order valence-corrected chi connectivity index (χ3v) is 5.33. The van der Waals surface area contributed by atoms with Crippen molar-refractivity contribution < 1.29 is 9.59 Å². The van der Waals surface area contributed by atoms with Gasteiger partial charge in [-0.3, -0.25) is 9.59 Å². The Balaban J connectivity index is 2.21. The number of amides is 2. The predicted molar refractivity (Wildman–Crippen MR) is 79.2 cm³/mol. The second kappa shape index (κ2) is 5.38. The molecular weight excluding hydrogens is 252 g/mol. The minimum absolute atomic E-state index is 0.000554. The molecule has 0 aromatic carbocycles. The highest BCUT2D eigenvalue weighted by Gasteiger charge is 2.51. The Bertz CT molecular complexity index is 397. The smallest absolute Gasteiger partial charge is 0.248 e. The molecule has 4 nitrogen and oxygen atoms in total. The van der Waals surface area contributed by atoms with Gasteiger partial charge in [0.15, 0.2) is 0 Å². The molecule has 20 heavy (non-hydrogen) atoms. The lowest BCUT2D eigenvalue weighted by Gasteiger charge is -2.45. The van der Waals surface area contributed by atoms with Gasteiger partial charge in [-0.15, -0.1) is 0 Å². The van der Waals surface area contributed by atoms with Gasteiger partial charge < -0.3 is 10.2 Å². The standard InChI is InChI=1S/C16H28N2O2/c1-5-8-15(9-10-15)11-18-12(4)13(19)17-16(6-2,7-3)14(18)20/h12H,5-11H2,1-4H3,(H,17,19). The maximum absolute atomic E-state index is 12.9.